The summed E-state index contributed by atoms with van der Waals surface area (Å²) >= 11 is 1.16. The van der Waals surface area contributed by atoms with E-state index in [0.717, 1.165) is 11.3 Å². The van der Waals surface area contributed by atoms with Gasteiger partial charge in [-0.2, -0.15) is 0 Å². The van der Waals surface area contributed by atoms with Crippen molar-refractivity contribution in [1.29, 1.82) is 0 Å². The molecule has 2 aromatic carbocycles. The van der Waals surface area contributed by atoms with Crippen LogP contribution in [-0.4, -0.2) is 27.2 Å². The minimum atomic E-state index is -0.959. The number of carbonyl (C=O) groups excluding carboxylic acids is 1. The minimum absolute atomic E-state index is 0.0920. The Hall–Kier alpha value is -4.77. The van der Waals surface area contributed by atoms with Crippen molar-refractivity contribution in [2.75, 3.05) is 6.61 Å². The van der Waals surface area contributed by atoms with Crippen molar-refractivity contribution in [3.8, 4) is 17.1 Å². The van der Waals surface area contributed by atoms with Crippen LogP contribution in [0.2, 0.25) is 0 Å². The number of aromatic nitrogens is 1. The lowest BCUT2D eigenvalue weighted by Gasteiger charge is -2.22. The predicted molar refractivity (Wildman–Crippen MR) is 139 cm³/mol. The van der Waals surface area contributed by atoms with E-state index < -0.39 is 16.9 Å². The van der Waals surface area contributed by atoms with E-state index in [1.54, 1.807) is 56.3 Å². The molecule has 1 aliphatic rings. The van der Waals surface area contributed by atoms with E-state index in [9.17, 15) is 24.8 Å². The Morgan fingerprint density at radius 2 is 2.00 bits per heavy atom. The molecule has 5 rings (SSSR count). The molecule has 0 radical (unpaired) electrons. The van der Waals surface area contributed by atoms with Crippen molar-refractivity contribution >= 4 is 29.1 Å². The Balaban J connectivity index is 1.67. The first-order valence-electron chi connectivity index (χ1n) is 11.6. The Morgan fingerprint density at radius 3 is 2.71 bits per heavy atom. The molecule has 1 aliphatic heterocycles. The number of hydrogen-bond donors (Lipinski definition) is 1. The third-order valence-electron chi connectivity index (χ3n) is 5.95. The van der Waals surface area contributed by atoms with Gasteiger partial charge in [-0.3, -0.25) is 19.5 Å². The molecular formula is C27H21N3O7S. The van der Waals surface area contributed by atoms with Gasteiger partial charge in [-0.25, -0.2) is 9.79 Å². The van der Waals surface area contributed by atoms with Crippen LogP contribution in [0, 0.1) is 10.1 Å². The van der Waals surface area contributed by atoms with Crippen LogP contribution in [-0.2, 0) is 9.53 Å². The van der Waals surface area contributed by atoms with Gasteiger partial charge in [-0.05, 0) is 49.8 Å². The van der Waals surface area contributed by atoms with Gasteiger partial charge >= 0.3 is 5.97 Å². The van der Waals surface area contributed by atoms with E-state index in [1.165, 1.54) is 28.8 Å². The van der Waals surface area contributed by atoms with Crippen LogP contribution in [0.3, 0.4) is 0 Å². The molecule has 0 unspecified atom stereocenters. The summed E-state index contributed by atoms with van der Waals surface area (Å²) in [6.07, 6.45) is 1.68. The molecule has 192 valence electrons. The van der Waals surface area contributed by atoms with Gasteiger partial charge in [0.05, 0.1) is 27.3 Å². The number of allylic oxidation sites excluding steroid dienone is 1. The largest absolute Gasteiger partial charge is 0.508 e. The van der Waals surface area contributed by atoms with Crippen molar-refractivity contribution in [2.24, 2.45) is 4.99 Å². The lowest BCUT2D eigenvalue weighted by molar-refractivity contribution is -0.384. The second-order valence-corrected chi connectivity index (χ2v) is 9.41. The highest BCUT2D eigenvalue weighted by Crippen LogP contribution is 2.34. The van der Waals surface area contributed by atoms with Gasteiger partial charge in [-0.15, -0.1) is 0 Å². The van der Waals surface area contributed by atoms with Crippen LogP contribution in [0.4, 0.5) is 5.69 Å². The summed E-state index contributed by atoms with van der Waals surface area (Å²) in [6, 6.07) is 14.7. The molecule has 0 saturated heterocycles. The monoisotopic (exact) mass is 531 g/mol. The number of phenolic OH excluding ortho intramolecular Hbond substituents is 1. The number of non-ortho nitro benzene ring substituents is 1. The molecule has 1 atom stereocenters. The zero-order valence-electron chi connectivity index (χ0n) is 20.3. The fraction of sp³-hybridized carbons (Fsp3) is 0.148. The summed E-state index contributed by atoms with van der Waals surface area (Å²) in [4.78, 5) is 42.3. The molecule has 0 amide bonds. The van der Waals surface area contributed by atoms with Crippen molar-refractivity contribution < 1.29 is 24.0 Å². The second kappa shape index (κ2) is 9.94. The maximum Gasteiger partial charge on any atom is 0.338 e. The highest BCUT2D eigenvalue weighted by Gasteiger charge is 2.35. The summed E-state index contributed by atoms with van der Waals surface area (Å²) in [6.45, 7) is 3.48. The number of hydrogen-bond acceptors (Lipinski definition) is 9. The van der Waals surface area contributed by atoms with Crippen molar-refractivity contribution in [1.82, 2.24) is 4.57 Å². The predicted octanol–water partition coefficient (Wildman–Crippen LogP) is 3.67. The van der Waals surface area contributed by atoms with Crippen LogP contribution in [0.15, 0.2) is 86.1 Å². The van der Waals surface area contributed by atoms with Gasteiger partial charge in [0.2, 0.25) is 0 Å². The average Bonchev–Trinajstić information content (AvgIpc) is 3.50. The number of thiazole rings is 1. The van der Waals surface area contributed by atoms with Crippen LogP contribution in [0.25, 0.3) is 17.4 Å². The molecule has 2 aromatic heterocycles. The van der Waals surface area contributed by atoms with Gasteiger partial charge in [0.1, 0.15) is 23.3 Å². The van der Waals surface area contributed by atoms with Crippen LogP contribution in [0.5, 0.6) is 5.75 Å². The van der Waals surface area contributed by atoms with E-state index in [4.69, 9.17) is 9.15 Å². The Morgan fingerprint density at radius 1 is 1.24 bits per heavy atom. The highest BCUT2D eigenvalue weighted by molar-refractivity contribution is 7.07. The number of carbonyl (C=O) groups is 1. The summed E-state index contributed by atoms with van der Waals surface area (Å²) in [5.41, 5.74) is 1.26. The van der Waals surface area contributed by atoms with Crippen LogP contribution < -0.4 is 14.9 Å². The van der Waals surface area contributed by atoms with Gasteiger partial charge in [-0.1, -0.05) is 35.6 Å². The molecule has 0 aliphatic carbocycles. The molecule has 4 aromatic rings. The Kier molecular flexibility index (Phi) is 6.52. The Bertz CT molecular complexity index is 1780. The first-order chi connectivity index (χ1) is 18.3. The van der Waals surface area contributed by atoms with E-state index in [0.29, 0.717) is 31.9 Å². The number of phenols is 1. The van der Waals surface area contributed by atoms with E-state index >= 15 is 0 Å². The molecule has 0 bridgehead atoms. The lowest BCUT2D eigenvalue weighted by atomic mass is 10.0. The molecule has 38 heavy (non-hydrogen) atoms. The van der Waals surface area contributed by atoms with Gasteiger partial charge in [0, 0.05) is 17.7 Å². The number of benzene rings is 2. The maximum atomic E-state index is 13.6. The molecule has 10 nitrogen and oxygen atoms in total. The zero-order valence-corrected chi connectivity index (χ0v) is 21.1. The topological polar surface area (TPSA) is 137 Å². The summed E-state index contributed by atoms with van der Waals surface area (Å²) in [5.74, 6) is 0.101. The normalized spacial score (nSPS) is 15.2. The smallest absolute Gasteiger partial charge is 0.338 e. The third-order valence-corrected chi connectivity index (χ3v) is 6.93. The molecule has 0 saturated carbocycles. The zero-order chi connectivity index (χ0) is 27.0. The number of aromatic hydroxyl groups is 1. The van der Waals surface area contributed by atoms with E-state index in [2.05, 4.69) is 4.99 Å². The maximum absolute atomic E-state index is 13.6. The minimum Gasteiger partial charge on any atom is -0.508 e. The van der Waals surface area contributed by atoms with Gasteiger partial charge in [0.15, 0.2) is 4.80 Å². The Labute approximate surface area is 219 Å². The molecule has 11 heteroatoms. The van der Waals surface area contributed by atoms with E-state index in [1.807, 2.05) is 0 Å². The first kappa shape index (κ1) is 24.9. The fourth-order valence-corrected chi connectivity index (χ4v) is 5.26. The highest BCUT2D eigenvalue weighted by atomic mass is 32.1. The van der Waals surface area contributed by atoms with Crippen molar-refractivity contribution in [3.05, 3.63) is 113 Å². The molecule has 1 N–H and O–H groups in total. The number of furan rings is 1. The van der Waals surface area contributed by atoms with Crippen LogP contribution in [0.1, 0.15) is 31.2 Å². The number of nitro groups is 1. The first-order valence-corrected chi connectivity index (χ1v) is 12.4. The number of rotatable bonds is 6. The quantitative estimate of drug-likeness (QED) is 0.228. The van der Waals surface area contributed by atoms with Crippen molar-refractivity contribution in [2.45, 2.75) is 19.9 Å². The molecule has 0 fully saturated rings. The number of nitro benzene ring substituents is 1. The number of fused-ring (bicyclic) bond motifs is 1. The van der Waals surface area contributed by atoms with Crippen LogP contribution >= 0.6 is 11.3 Å². The standard InChI is InChI=1S/C27H21N3O7S/c1-3-36-26(33)23-15(2)28-27-29(25(32)22(38-27)13-16-7-9-19(31)10-8-16)24(23)21-12-11-20(37-21)17-5-4-6-18(14-17)30(34)35/h4-14,24,31H,3H2,1-2H3/b22-13-/t24-/m0/s1. The SMILES string of the molecule is CCOC(=O)C1=C(C)N=c2s/c(=C\c3ccc(O)cc3)c(=O)n2[C@H]1c1ccc(-c2cccc([N+](=O)[O-])c2)o1. The molecule has 0 spiro atoms. The number of nitrogens with zero attached hydrogens (tertiary/aromatic N) is 3. The van der Waals surface area contributed by atoms with Crippen molar-refractivity contribution in [3.63, 3.8) is 0 Å². The fourth-order valence-electron chi connectivity index (χ4n) is 4.21. The number of ether oxygens (including phenoxy) is 1. The van der Waals surface area contributed by atoms with Gasteiger partial charge in [0.25, 0.3) is 11.2 Å². The van der Waals surface area contributed by atoms with Gasteiger partial charge < -0.3 is 14.3 Å². The summed E-state index contributed by atoms with van der Waals surface area (Å²) < 4.78 is 13.2. The lowest BCUT2D eigenvalue weighted by Crippen LogP contribution is -2.39. The second-order valence-electron chi connectivity index (χ2n) is 8.40. The molecule has 3 heterocycles. The third kappa shape index (κ3) is 4.55. The average molecular weight is 532 g/mol. The summed E-state index contributed by atoms with van der Waals surface area (Å²) in [7, 11) is 0. The summed E-state index contributed by atoms with van der Waals surface area (Å²) in [5, 5.41) is 20.8. The number of esters is 1. The van der Waals surface area contributed by atoms with E-state index in [-0.39, 0.29) is 34.9 Å². The molecular weight excluding hydrogens is 510 g/mol.